The number of anilines is 1. The van der Waals surface area contributed by atoms with Crippen LogP contribution in [0.1, 0.15) is 21.8 Å². The number of hydrogen-bond acceptors (Lipinski definition) is 7. The third-order valence-corrected chi connectivity index (χ3v) is 3.49. The second-order valence-corrected chi connectivity index (χ2v) is 5.50. The highest BCUT2D eigenvalue weighted by atomic mass is 16.6. The molecule has 134 valence electrons. The highest BCUT2D eigenvalue weighted by Gasteiger charge is 2.20. The molecule has 9 nitrogen and oxygen atoms in total. The Kier molecular flexibility index (Phi) is 6.07. The molecule has 1 aromatic heterocycles. The molecular formula is C16H20N4O5. The Morgan fingerprint density at radius 1 is 1.44 bits per heavy atom. The standard InChI is InChI=1S/C16H20N4O5/c1-11-8-13(18-25-11)10-19(2)16(21)12-4-5-14(17-6-7-24-3)15(9-12)20(22)23/h4-5,8-9,17H,6-7,10H2,1-3H3. The zero-order chi connectivity index (χ0) is 18.4. The molecule has 1 heterocycles. The Morgan fingerprint density at radius 3 is 2.80 bits per heavy atom. The molecule has 1 aromatic carbocycles. The van der Waals surface area contributed by atoms with Gasteiger partial charge in [0.25, 0.3) is 11.6 Å². The van der Waals surface area contributed by atoms with Crippen molar-refractivity contribution in [3.05, 3.63) is 51.4 Å². The van der Waals surface area contributed by atoms with E-state index < -0.39 is 4.92 Å². The van der Waals surface area contributed by atoms with Gasteiger partial charge in [0, 0.05) is 38.4 Å². The summed E-state index contributed by atoms with van der Waals surface area (Å²) in [4.78, 5) is 24.7. The lowest BCUT2D eigenvalue weighted by molar-refractivity contribution is -0.384. The molecule has 2 aromatic rings. The first-order valence-corrected chi connectivity index (χ1v) is 7.61. The van der Waals surface area contributed by atoms with E-state index in [2.05, 4.69) is 10.5 Å². The lowest BCUT2D eigenvalue weighted by Gasteiger charge is -2.16. The van der Waals surface area contributed by atoms with Gasteiger partial charge in [0.05, 0.1) is 18.1 Å². The number of benzene rings is 1. The summed E-state index contributed by atoms with van der Waals surface area (Å²) in [5.41, 5.74) is 1.02. The van der Waals surface area contributed by atoms with Gasteiger partial charge in [-0.1, -0.05) is 5.16 Å². The SMILES string of the molecule is COCCNc1ccc(C(=O)N(C)Cc2cc(C)on2)cc1[N+](=O)[O-]. The Labute approximate surface area is 144 Å². The molecule has 0 atom stereocenters. The summed E-state index contributed by atoms with van der Waals surface area (Å²) < 4.78 is 9.88. The Bertz CT molecular complexity index is 759. The summed E-state index contributed by atoms with van der Waals surface area (Å²) in [5.74, 6) is 0.310. The maximum atomic E-state index is 12.5. The molecule has 0 saturated carbocycles. The van der Waals surface area contributed by atoms with Gasteiger partial charge >= 0.3 is 0 Å². The van der Waals surface area contributed by atoms with Gasteiger partial charge in [-0.3, -0.25) is 14.9 Å². The van der Waals surface area contributed by atoms with Gasteiger partial charge < -0.3 is 19.5 Å². The van der Waals surface area contributed by atoms with Crippen LogP contribution in [0.3, 0.4) is 0 Å². The maximum absolute atomic E-state index is 12.5. The van der Waals surface area contributed by atoms with Crippen LogP contribution >= 0.6 is 0 Å². The van der Waals surface area contributed by atoms with Crippen molar-refractivity contribution >= 4 is 17.3 Å². The number of ether oxygens (including phenoxy) is 1. The lowest BCUT2D eigenvalue weighted by Crippen LogP contribution is -2.26. The first kappa shape index (κ1) is 18.4. The molecule has 0 aliphatic carbocycles. The Balaban J connectivity index is 2.15. The number of nitro benzene ring substituents is 1. The Hall–Kier alpha value is -2.94. The highest BCUT2D eigenvalue weighted by Crippen LogP contribution is 2.26. The minimum absolute atomic E-state index is 0.160. The first-order chi connectivity index (χ1) is 11.9. The van der Waals surface area contributed by atoms with Crippen molar-refractivity contribution in [1.29, 1.82) is 0 Å². The molecule has 0 saturated heterocycles. The molecule has 0 aliphatic heterocycles. The third kappa shape index (κ3) is 4.77. The fourth-order valence-corrected chi connectivity index (χ4v) is 2.28. The molecule has 0 unspecified atom stereocenters. The van der Waals surface area contributed by atoms with Crippen molar-refractivity contribution in [2.75, 3.05) is 32.6 Å². The maximum Gasteiger partial charge on any atom is 0.293 e. The van der Waals surface area contributed by atoms with Crippen molar-refractivity contribution < 1.29 is 19.0 Å². The molecule has 0 aliphatic rings. The van der Waals surface area contributed by atoms with Crippen LogP contribution < -0.4 is 5.32 Å². The van der Waals surface area contributed by atoms with Gasteiger partial charge in [0.1, 0.15) is 17.1 Å². The van der Waals surface area contributed by atoms with Crippen molar-refractivity contribution in [3.8, 4) is 0 Å². The van der Waals surface area contributed by atoms with E-state index in [1.807, 2.05) is 0 Å². The quantitative estimate of drug-likeness (QED) is 0.442. The third-order valence-electron chi connectivity index (χ3n) is 3.49. The molecule has 0 bridgehead atoms. The van der Waals surface area contributed by atoms with Gasteiger partial charge in [-0.2, -0.15) is 0 Å². The van der Waals surface area contributed by atoms with E-state index in [0.717, 1.165) is 0 Å². The zero-order valence-corrected chi connectivity index (χ0v) is 14.3. The minimum Gasteiger partial charge on any atom is -0.383 e. The number of hydrogen-bond donors (Lipinski definition) is 1. The Morgan fingerprint density at radius 2 is 2.20 bits per heavy atom. The number of rotatable bonds is 8. The van der Waals surface area contributed by atoms with Crippen LogP contribution in [-0.2, 0) is 11.3 Å². The van der Waals surface area contributed by atoms with Crippen molar-refractivity contribution in [2.24, 2.45) is 0 Å². The summed E-state index contributed by atoms with van der Waals surface area (Å²) in [6.45, 7) is 2.85. The van der Waals surface area contributed by atoms with Crippen LogP contribution in [0, 0.1) is 17.0 Å². The van der Waals surface area contributed by atoms with E-state index >= 15 is 0 Å². The summed E-state index contributed by atoms with van der Waals surface area (Å²) in [6.07, 6.45) is 0. The molecule has 0 radical (unpaired) electrons. The topological polar surface area (TPSA) is 111 Å². The number of amides is 1. The van der Waals surface area contributed by atoms with Crippen molar-refractivity contribution in [2.45, 2.75) is 13.5 Å². The van der Waals surface area contributed by atoms with Crippen LogP contribution in [0.25, 0.3) is 0 Å². The summed E-state index contributed by atoms with van der Waals surface area (Å²) in [7, 11) is 3.15. The van der Waals surface area contributed by atoms with E-state index in [-0.39, 0.29) is 23.7 Å². The predicted molar refractivity (Wildman–Crippen MR) is 90.5 cm³/mol. The van der Waals surface area contributed by atoms with Gasteiger partial charge in [-0.15, -0.1) is 0 Å². The fourth-order valence-electron chi connectivity index (χ4n) is 2.28. The zero-order valence-electron chi connectivity index (χ0n) is 14.3. The van der Waals surface area contributed by atoms with Crippen LogP contribution in [0.15, 0.2) is 28.8 Å². The molecule has 1 N–H and O–H groups in total. The fraction of sp³-hybridized carbons (Fsp3) is 0.375. The number of aromatic nitrogens is 1. The lowest BCUT2D eigenvalue weighted by atomic mass is 10.1. The van der Waals surface area contributed by atoms with Crippen LogP contribution in [0.4, 0.5) is 11.4 Å². The van der Waals surface area contributed by atoms with Gasteiger partial charge in [-0.05, 0) is 19.1 Å². The van der Waals surface area contributed by atoms with Crippen LogP contribution in [0.2, 0.25) is 0 Å². The number of nitrogens with one attached hydrogen (secondary N) is 1. The molecule has 1 amide bonds. The van der Waals surface area contributed by atoms with Gasteiger partial charge in [0.2, 0.25) is 0 Å². The minimum atomic E-state index is -0.521. The van der Waals surface area contributed by atoms with Gasteiger partial charge in [0.15, 0.2) is 0 Å². The van der Waals surface area contributed by atoms with Crippen LogP contribution in [0.5, 0.6) is 0 Å². The number of aryl methyl sites for hydroxylation is 1. The number of nitrogens with zero attached hydrogens (tertiary/aromatic N) is 3. The number of nitro groups is 1. The predicted octanol–water partition coefficient (Wildman–Crippen LogP) is 2.22. The molecule has 9 heteroatoms. The first-order valence-electron chi connectivity index (χ1n) is 7.61. The van der Waals surface area contributed by atoms with Crippen molar-refractivity contribution in [3.63, 3.8) is 0 Å². The highest BCUT2D eigenvalue weighted by molar-refractivity contribution is 5.95. The van der Waals surface area contributed by atoms with E-state index in [0.29, 0.717) is 30.3 Å². The smallest absolute Gasteiger partial charge is 0.293 e. The molecule has 0 spiro atoms. The average molecular weight is 348 g/mol. The monoisotopic (exact) mass is 348 g/mol. The van der Waals surface area contributed by atoms with Crippen molar-refractivity contribution in [1.82, 2.24) is 10.1 Å². The second-order valence-electron chi connectivity index (χ2n) is 5.50. The second kappa shape index (κ2) is 8.25. The van der Waals surface area contributed by atoms with E-state index in [1.54, 1.807) is 33.2 Å². The average Bonchev–Trinajstić information content (AvgIpc) is 2.99. The summed E-state index contributed by atoms with van der Waals surface area (Å²) in [6, 6.07) is 6.07. The van der Waals surface area contributed by atoms with E-state index in [1.165, 1.54) is 17.0 Å². The molecular weight excluding hydrogens is 328 g/mol. The van der Waals surface area contributed by atoms with E-state index in [4.69, 9.17) is 9.26 Å². The largest absolute Gasteiger partial charge is 0.383 e. The van der Waals surface area contributed by atoms with Gasteiger partial charge in [-0.25, -0.2) is 0 Å². The number of carbonyl (C=O) groups excluding carboxylic acids is 1. The summed E-state index contributed by atoms with van der Waals surface area (Å²) >= 11 is 0. The van der Waals surface area contributed by atoms with Crippen LogP contribution in [-0.4, -0.2) is 48.2 Å². The molecule has 25 heavy (non-hydrogen) atoms. The molecule has 2 rings (SSSR count). The number of carbonyl (C=O) groups is 1. The van der Waals surface area contributed by atoms with E-state index in [9.17, 15) is 14.9 Å². The number of methoxy groups -OCH3 is 1. The normalized spacial score (nSPS) is 10.5. The molecule has 0 fully saturated rings. The summed E-state index contributed by atoms with van der Waals surface area (Å²) in [5, 5.41) is 18.0.